The van der Waals surface area contributed by atoms with Crippen molar-refractivity contribution in [2.75, 3.05) is 39.4 Å². The molecule has 3 N–H and O–H groups in total. The molecule has 0 spiro atoms. The number of carbonyl (C=O) groups excluding carboxylic acids is 1. The summed E-state index contributed by atoms with van der Waals surface area (Å²) in [5.41, 5.74) is 6.73. The Labute approximate surface area is 157 Å². The lowest BCUT2D eigenvalue weighted by molar-refractivity contribution is -0.122. The molecule has 1 fully saturated rings. The van der Waals surface area contributed by atoms with Gasteiger partial charge in [-0.3, -0.25) is 9.69 Å². The van der Waals surface area contributed by atoms with E-state index in [1.807, 2.05) is 18.2 Å². The Bertz CT molecular complexity index is 443. The molecule has 1 aliphatic heterocycles. The molecule has 0 aliphatic carbocycles. The lowest BCUT2D eigenvalue weighted by Crippen LogP contribution is -2.48. The summed E-state index contributed by atoms with van der Waals surface area (Å²) in [6.45, 7) is 4.85. The second-order valence-corrected chi connectivity index (χ2v) is 5.76. The van der Waals surface area contributed by atoms with Crippen molar-refractivity contribution in [1.82, 2.24) is 10.2 Å². The van der Waals surface area contributed by atoms with Crippen molar-refractivity contribution < 1.29 is 9.53 Å². The van der Waals surface area contributed by atoms with E-state index in [-0.39, 0.29) is 36.8 Å². The minimum absolute atomic E-state index is 0. The van der Waals surface area contributed by atoms with E-state index in [1.165, 1.54) is 5.56 Å². The topological polar surface area (TPSA) is 67.6 Å². The minimum Gasteiger partial charge on any atom is -0.379 e. The van der Waals surface area contributed by atoms with Crippen molar-refractivity contribution in [3.05, 3.63) is 35.9 Å². The number of carbonyl (C=O) groups is 1. The maximum absolute atomic E-state index is 12.0. The number of rotatable bonds is 8. The number of nitrogens with one attached hydrogen (secondary N) is 1. The summed E-state index contributed by atoms with van der Waals surface area (Å²) in [5.74, 6) is 0.0969. The Morgan fingerprint density at radius 2 is 1.88 bits per heavy atom. The van der Waals surface area contributed by atoms with Gasteiger partial charge in [0, 0.05) is 32.1 Å². The van der Waals surface area contributed by atoms with Gasteiger partial charge in [-0.2, -0.15) is 0 Å². The zero-order chi connectivity index (χ0) is 15.6. The molecule has 0 saturated carbocycles. The van der Waals surface area contributed by atoms with Gasteiger partial charge in [0.25, 0.3) is 0 Å². The molecule has 1 aromatic carbocycles. The Kier molecular flexibility index (Phi) is 13.0. The summed E-state index contributed by atoms with van der Waals surface area (Å²) < 4.78 is 5.39. The Balaban J connectivity index is 0.00000264. The number of hydrogen-bond acceptors (Lipinski definition) is 4. The van der Waals surface area contributed by atoms with E-state index in [4.69, 9.17) is 10.5 Å². The van der Waals surface area contributed by atoms with Gasteiger partial charge < -0.3 is 15.8 Å². The molecule has 7 heteroatoms. The van der Waals surface area contributed by atoms with Crippen LogP contribution in [0.5, 0.6) is 0 Å². The minimum atomic E-state index is 0. The molecule has 1 atom stereocenters. The largest absolute Gasteiger partial charge is 0.379 e. The van der Waals surface area contributed by atoms with Crippen LogP contribution in [0.1, 0.15) is 18.4 Å². The second-order valence-electron chi connectivity index (χ2n) is 5.76. The highest BCUT2D eigenvalue weighted by Gasteiger charge is 2.18. The van der Waals surface area contributed by atoms with E-state index in [0.29, 0.717) is 13.0 Å². The standard InChI is InChI=1S/C17H27N3O2.2ClH/c18-8-4-7-17(21)19-16(13-15-5-2-1-3-6-15)14-20-9-11-22-12-10-20;;/h1-3,5-6,16H,4,7-14,18H2,(H,19,21);2*1H. The monoisotopic (exact) mass is 377 g/mol. The van der Waals surface area contributed by atoms with Crippen molar-refractivity contribution in [2.24, 2.45) is 5.73 Å². The van der Waals surface area contributed by atoms with Crippen LogP contribution in [-0.2, 0) is 16.0 Å². The molecule has 0 radical (unpaired) electrons. The van der Waals surface area contributed by atoms with Crippen LogP contribution in [0.4, 0.5) is 0 Å². The zero-order valence-corrected chi connectivity index (χ0v) is 15.6. The van der Waals surface area contributed by atoms with E-state index in [9.17, 15) is 4.79 Å². The van der Waals surface area contributed by atoms with Crippen LogP contribution >= 0.6 is 24.8 Å². The highest BCUT2D eigenvalue weighted by atomic mass is 35.5. The molecule has 1 unspecified atom stereocenters. The number of nitrogens with two attached hydrogens (primary N) is 1. The van der Waals surface area contributed by atoms with Crippen LogP contribution < -0.4 is 11.1 Å². The second kappa shape index (κ2) is 13.4. The predicted molar refractivity (Wildman–Crippen MR) is 102 cm³/mol. The summed E-state index contributed by atoms with van der Waals surface area (Å²) in [5, 5.41) is 3.17. The molecular weight excluding hydrogens is 349 g/mol. The van der Waals surface area contributed by atoms with Crippen LogP contribution in [0.2, 0.25) is 0 Å². The third-order valence-corrected chi connectivity index (χ3v) is 3.88. The molecule has 138 valence electrons. The van der Waals surface area contributed by atoms with E-state index >= 15 is 0 Å². The van der Waals surface area contributed by atoms with Gasteiger partial charge in [0.1, 0.15) is 0 Å². The number of amides is 1. The smallest absolute Gasteiger partial charge is 0.220 e. The quantitative estimate of drug-likeness (QED) is 0.722. The molecule has 2 rings (SSSR count). The van der Waals surface area contributed by atoms with Crippen LogP contribution in [0.15, 0.2) is 30.3 Å². The molecule has 1 saturated heterocycles. The van der Waals surface area contributed by atoms with Crippen molar-refractivity contribution in [2.45, 2.75) is 25.3 Å². The van der Waals surface area contributed by atoms with Gasteiger partial charge in [0.2, 0.25) is 5.91 Å². The molecule has 0 aromatic heterocycles. The summed E-state index contributed by atoms with van der Waals surface area (Å²) in [7, 11) is 0. The number of ether oxygens (including phenoxy) is 1. The van der Waals surface area contributed by atoms with Gasteiger partial charge in [-0.05, 0) is 24.9 Å². The molecule has 0 bridgehead atoms. The van der Waals surface area contributed by atoms with Gasteiger partial charge >= 0.3 is 0 Å². The van der Waals surface area contributed by atoms with Gasteiger partial charge in [-0.25, -0.2) is 0 Å². The van der Waals surface area contributed by atoms with Crippen LogP contribution in [-0.4, -0.2) is 56.2 Å². The fourth-order valence-electron chi connectivity index (χ4n) is 2.72. The summed E-state index contributed by atoms with van der Waals surface area (Å²) in [6, 6.07) is 10.4. The number of hydrogen-bond donors (Lipinski definition) is 2. The molecule has 5 nitrogen and oxygen atoms in total. The summed E-state index contributed by atoms with van der Waals surface area (Å²) in [6.07, 6.45) is 2.10. The SMILES string of the molecule is Cl.Cl.NCCCC(=O)NC(Cc1ccccc1)CN1CCOCC1. The Hall–Kier alpha value is -0.850. The maximum atomic E-state index is 12.0. The molecular formula is C17H29Cl2N3O2. The van der Waals surface area contributed by atoms with Gasteiger partial charge in [0.05, 0.1) is 13.2 Å². The maximum Gasteiger partial charge on any atom is 0.220 e. The Morgan fingerprint density at radius 3 is 2.50 bits per heavy atom. The number of halogens is 2. The number of benzene rings is 1. The highest BCUT2D eigenvalue weighted by Crippen LogP contribution is 2.07. The lowest BCUT2D eigenvalue weighted by atomic mass is 10.0. The average Bonchev–Trinajstić information content (AvgIpc) is 2.55. The predicted octanol–water partition coefficient (Wildman–Crippen LogP) is 1.63. The Morgan fingerprint density at radius 1 is 1.21 bits per heavy atom. The summed E-state index contributed by atoms with van der Waals surface area (Å²) >= 11 is 0. The van der Waals surface area contributed by atoms with Gasteiger partial charge in [-0.15, -0.1) is 24.8 Å². The van der Waals surface area contributed by atoms with E-state index in [0.717, 1.165) is 45.7 Å². The average molecular weight is 378 g/mol. The lowest BCUT2D eigenvalue weighted by Gasteiger charge is -2.31. The zero-order valence-electron chi connectivity index (χ0n) is 14.0. The number of nitrogens with zero attached hydrogens (tertiary/aromatic N) is 1. The first-order valence-corrected chi connectivity index (χ1v) is 8.11. The van der Waals surface area contributed by atoms with Crippen LogP contribution in [0.25, 0.3) is 0 Å². The van der Waals surface area contributed by atoms with Gasteiger partial charge in [0.15, 0.2) is 0 Å². The molecule has 1 aliphatic rings. The molecule has 1 heterocycles. The van der Waals surface area contributed by atoms with Crippen molar-refractivity contribution in [3.8, 4) is 0 Å². The fourth-order valence-corrected chi connectivity index (χ4v) is 2.72. The third-order valence-electron chi connectivity index (χ3n) is 3.88. The van der Waals surface area contributed by atoms with Gasteiger partial charge in [-0.1, -0.05) is 30.3 Å². The first-order chi connectivity index (χ1) is 10.8. The summed E-state index contributed by atoms with van der Waals surface area (Å²) in [4.78, 5) is 14.4. The van der Waals surface area contributed by atoms with Crippen molar-refractivity contribution in [3.63, 3.8) is 0 Å². The fraction of sp³-hybridized carbons (Fsp3) is 0.588. The molecule has 1 amide bonds. The van der Waals surface area contributed by atoms with Crippen LogP contribution in [0.3, 0.4) is 0 Å². The van der Waals surface area contributed by atoms with Crippen LogP contribution in [0, 0.1) is 0 Å². The molecule has 1 aromatic rings. The first kappa shape index (κ1) is 23.1. The van der Waals surface area contributed by atoms with Crippen molar-refractivity contribution in [1.29, 1.82) is 0 Å². The highest BCUT2D eigenvalue weighted by molar-refractivity contribution is 5.85. The first-order valence-electron chi connectivity index (χ1n) is 8.11. The van der Waals surface area contributed by atoms with E-state index < -0.39 is 0 Å². The number of morpholine rings is 1. The van der Waals surface area contributed by atoms with Crippen molar-refractivity contribution >= 4 is 30.7 Å². The normalized spacial score (nSPS) is 15.7. The van der Waals surface area contributed by atoms with E-state index in [2.05, 4.69) is 22.3 Å². The third kappa shape index (κ3) is 8.85. The molecule has 24 heavy (non-hydrogen) atoms. The van der Waals surface area contributed by atoms with E-state index in [1.54, 1.807) is 0 Å².